The molecule has 6 heteroatoms. The fraction of sp³-hybridized carbons (Fsp3) is 0.571. The van der Waals surface area contributed by atoms with Crippen molar-refractivity contribution in [3.8, 4) is 11.5 Å². The first-order chi connectivity index (χ1) is 9.67. The van der Waals surface area contributed by atoms with Crippen LogP contribution in [0, 0.1) is 0 Å². The number of nitrogens with zero attached hydrogens (tertiary/aromatic N) is 1. The zero-order valence-corrected chi connectivity index (χ0v) is 12.6. The predicted octanol–water partition coefficient (Wildman–Crippen LogP) is 2.12. The van der Waals surface area contributed by atoms with Crippen LogP contribution in [0.1, 0.15) is 12.0 Å². The van der Waals surface area contributed by atoms with Crippen LogP contribution in [0.3, 0.4) is 0 Å². The van der Waals surface area contributed by atoms with Crippen LogP contribution in [0.2, 0.25) is 0 Å². The third kappa shape index (κ3) is 2.77. The number of aliphatic hydroxyl groups excluding tert-OH is 1. The molecule has 3 rings (SSSR count). The van der Waals surface area contributed by atoms with Gasteiger partial charge in [-0.25, -0.2) is 4.39 Å². The number of fused-ring (bicyclic) bond motifs is 1. The molecular weight excluding hydrogens is 329 g/mol. The second-order valence-corrected chi connectivity index (χ2v) is 6.05. The van der Waals surface area contributed by atoms with Crippen LogP contribution >= 0.6 is 15.9 Å². The molecule has 2 atom stereocenters. The molecular formula is C14H17BrFNO3. The maximum Gasteiger partial charge on any atom is 0.175 e. The SMILES string of the molecule is OC[C@@H]1C[C@H](F)CN1Cc1cc(Br)c2c(c1)OCCO2. The van der Waals surface area contributed by atoms with E-state index in [1.54, 1.807) is 0 Å². The summed E-state index contributed by atoms with van der Waals surface area (Å²) in [6.07, 6.45) is -0.449. The van der Waals surface area contributed by atoms with Crippen LogP contribution in [-0.4, -0.2) is 48.6 Å². The first-order valence-corrected chi connectivity index (χ1v) is 7.53. The Hall–Kier alpha value is -0.850. The fourth-order valence-electron chi connectivity index (χ4n) is 2.80. The number of alkyl halides is 1. The Balaban J connectivity index is 1.79. The average Bonchev–Trinajstić information content (AvgIpc) is 2.79. The highest BCUT2D eigenvalue weighted by Crippen LogP contribution is 2.39. The quantitative estimate of drug-likeness (QED) is 0.911. The molecule has 1 aromatic rings. The summed E-state index contributed by atoms with van der Waals surface area (Å²) in [5.41, 5.74) is 1.02. The van der Waals surface area contributed by atoms with E-state index < -0.39 is 6.17 Å². The van der Waals surface area contributed by atoms with Gasteiger partial charge in [-0.15, -0.1) is 0 Å². The minimum absolute atomic E-state index is 0.00780. The van der Waals surface area contributed by atoms with Crippen LogP contribution in [-0.2, 0) is 6.54 Å². The number of ether oxygens (including phenoxy) is 2. The lowest BCUT2D eigenvalue weighted by atomic mass is 10.1. The van der Waals surface area contributed by atoms with Crippen LogP contribution in [0.25, 0.3) is 0 Å². The summed E-state index contributed by atoms with van der Waals surface area (Å²) in [6, 6.07) is 3.80. The molecule has 20 heavy (non-hydrogen) atoms. The van der Waals surface area contributed by atoms with Gasteiger partial charge in [-0.3, -0.25) is 4.90 Å². The maximum atomic E-state index is 13.5. The Labute approximate surface area is 125 Å². The zero-order valence-electron chi connectivity index (χ0n) is 11.0. The van der Waals surface area contributed by atoms with Gasteiger partial charge in [0.25, 0.3) is 0 Å². The summed E-state index contributed by atoms with van der Waals surface area (Å²) in [5.74, 6) is 1.45. The van der Waals surface area contributed by atoms with Crippen LogP contribution in [0.5, 0.6) is 11.5 Å². The van der Waals surface area contributed by atoms with Crippen molar-refractivity contribution in [1.82, 2.24) is 4.90 Å². The van der Waals surface area contributed by atoms with Gasteiger partial charge in [0.2, 0.25) is 0 Å². The van der Waals surface area contributed by atoms with E-state index in [0.29, 0.717) is 32.7 Å². The topological polar surface area (TPSA) is 41.9 Å². The molecule has 0 unspecified atom stereocenters. The molecule has 0 aromatic heterocycles. The number of hydrogen-bond donors (Lipinski definition) is 1. The van der Waals surface area contributed by atoms with E-state index in [-0.39, 0.29) is 12.6 Å². The highest BCUT2D eigenvalue weighted by molar-refractivity contribution is 9.10. The van der Waals surface area contributed by atoms with Crippen molar-refractivity contribution in [2.75, 3.05) is 26.4 Å². The van der Waals surface area contributed by atoms with Crippen molar-refractivity contribution >= 4 is 15.9 Å². The summed E-state index contributed by atoms with van der Waals surface area (Å²) in [4.78, 5) is 1.97. The van der Waals surface area contributed by atoms with Gasteiger partial charge in [0, 0.05) is 19.1 Å². The van der Waals surface area contributed by atoms with Gasteiger partial charge >= 0.3 is 0 Å². The van der Waals surface area contributed by atoms with Gasteiger partial charge in [-0.05, 0) is 40.0 Å². The van der Waals surface area contributed by atoms with Crippen molar-refractivity contribution in [3.05, 3.63) is 22.2 Å². The van der Waals surface area contributed by atoms with Gasteiger partial charge in [0.1, 0.15) is 19.4 Å². The van der Waals surface area contributed by atoms with Crippen LogP contribution in [0.15, 0.2) is 16.6 Å². The largest absolute Gasteiger partial charge is 0.486 e. The number of halogens is 2. The Morgan fingerprint density at radius 3 is 2.95 bits per heavy atom. The van der Waals surface area contributed by atoms with Crippen molar-refractivity contribution in [2.24, 2.45) is 0 Å². The monoisotopic (exact) mass is 345 g/mol. The molecule has 1 N–H and O–H groups in total. The van der Waals surface area contributed by atoms with Crippen LogP contribution in [0.4, 0.5) is 4.39 Å². The third-order valence-electron chi connectivity index (χ3n) is 3.73. The molecule has 1 saturated heterocycles. The molecule has 1 fully saturated rings. The number of likely N-dealkylation sites (tertiary alicyclic amines) is 1. The van der Waals surface area contributed by atoms with E-state index >= 15 is 0 Å². The lowest BCUT2D eigenvalue weighted by Crippen LogP contribution is -2.31. The van der Waals surface area contributed by atoms with Gasteiger partial charge in [-0.2, -0.15) is 0 Å². The normalized spacial score (nSPS) is 25.9. The molecule has 2 aliphatic heterocycles. The van der Waals surface area contributed by atoms with E-state index in [1.807, 2.05) is 17.0 Å². The minimum Gasteiger partial charge on any atom is -0.486 e. The zero-order chi connectivity index (χ0) is 14.1. The minimum atomic E-state index is -0.854. The Kier molecular flexibility index (Phi) is 4.14. The van der Waals surface area contributed by atoms with Gasteiger partial charge in [-0.1, -0.05) is 0 Å². The van der Waals surface area contributed by atoms with Gasteiger partial charge in [0.05, 0.1) is 11.1 Å². The molecule has 2 heterocycles. The summed E-state index contributed by atoms with van der Waals surface area (Å²) in [5, 5.41) is 9.32. The van der Waals surface area contributed by atoms with E-state index in [9.17, 15) is 9.50 Å². The van der Waals surface area contributed by atoms with Crippen molar-refractivity contribution in [1.29, 1.82) is 0 Å². The lowest BCUT2D eigenvalue weighted by Gasteiger charge is -2.24. The molecule has 110 valence electrons. The van der Waals surface area contributed by atoms with E-state index in [2.05, 4.69) is 15.9 Å². The fourth-order valence-corrected chi connectivity index (χ4v) is 3.40. The summed E-state index contributed by atoms with van der Waals surface area (Å²) in [7, 11) is 0. The second-order valence-electron chi connectivity index (χ2n) is 5.20. The maximum absolute atomic E-state index is 13.5. The molecule has 0 saturated carbocycles. The summed E-state index contributed by atoms with van der Waals surface area (Å²) in [6.45, 7) is 2.05. The van der Waals surface area contributed by atoms with Crippen molar-refractivity contribution in [3.63, 3.8) is 0 Å². The molecule has 1 aromatic carbocycles. The molecule has 0 spiro atoms. The Bertz CT molecular complexity index is 500. The second kappa shape index (κ2) is 5.87. The molecule has 0 amide bonds. The molecule has 0 bridgehead atoms. The van der Waals surface area contributed by atoms with Crippen LogP contribution < -0.4 is 9.47 Å². The predicted molar refractivity (Wildman–Crippen MR) is 75.9 cm³/mol. The van der Waals surface area contributed by atoms with Crippen molar-refractivity contribution < 1.29 is 19.0 Å². The van der Waals surface area contributed by atoms with Crippen molar-refractivity contribution in [2.45, 2.75) is 25.2 Å². The average molecular weight is 346 g/mol. The van der Waals surface area contributed by atoms with E-state index in [1.165, 1.54) is 0 Å². The smallest absolute Gasteiger partial charge is 0.175 e. The number of aliphatic hydroxyl groups is 1. The Morgan fingerprint density at radius 1 is 1.35 bits per heavy atom. The number of hydrogen-bond acceptors (Lipinski definition) is 4. The Morgan fingerprint density at radius 2 is 2.15 bits per heavy atom. The molecule has 4 nitrogen and oxygen atoms in total. The standard InChI is InChI=1S/C14H17BrFNO3/c15-12-3-9(4-13-14(12)20-2-1-19-13)6-17-7-10(16)5-11(17)8-18/h3-4,10-11,18H,1-2,5-8H2/t10-,11-/m0/s1. The first-order valence-electron chi connectivity index (χ1n) is 6.74. The van der Waals surface area contributed by atoms with E-state index in [0.717, 1.165) is 21.5 Å². The molecule has 0 aliphatic carbocycles. The highest BCUT2D eigenvalue weighted by atomic mass is 79.9. The first kappa shape index (κ1) is 14.1. The lowest BCUT2D eigenvalue weighted by molar-refractivity contribution is 0.151. The summed E-state index contributed by atoms with van der Waals surface area (Å²) >= 11 is 3.48. The number of rotatable bonds is 3. The highest BCUT2D eigenvalue weighted by Gasteiger charge is 2.31. The summed E-state index contributed by atoms with van der Waals surface area (Å²) < 4.78 is 25.4. The third-order valence-corrected chi connectivity index (χ3v) is 4.32. The number of benzene rings is 1. The molecule has 2 aliphatic rings. The van der Waals surface area contributed by atoms with E-state index in [4.69, 9.17) is 9.47 Å². The molecule has 0 radical (unpaired) electrons. The van der Waals surface area contributed by atoms with Gasteiger partial charge < -0.3 is 14.6 Å². The van der Waals surface area contributed by atoms with Gasteiger partial charge in [0.15, 0.2) is 11.5 Å².